The highest BCUT2D eigenvalue weighted by Crippen LogP contribution is 2.29. The van der Waals surface area contributed by atoms with Crippen molar-refractivity contribution in [1.29, 1.82) is 0 Å². The highest BCUT2D eigenvalue weighted by atomic mass is 32.2. The predicted molar refractivity (Wildman–Crippen MR) is 111 cm³/mol. The molecule has 0 spiro atoms. The molecule has 1 unspecified atom stereocenters. The van der Waals surface area contributed by atoms with Crippen LogP contribution in [-0.4, -0.2) is 23.5 Å². The maximum absolute atomic E-state index is 4.75. The number of benzene rings is 1. The summed E-state index contributed by atoms with van der Waals surface area (Å²) in [6.07, 6.45) is 3.76. The van der Waals surface area contributed by atoms with Gasteiger partial charge < -0.3 is 5.32 Å². The van der Waals surface area contributed by atoms with Crippen molar-refractivity contribution < 1.29 is 4.90 Å². The van der Waals surface area contributed by atoms with Gasteiger partial charge >= 0.3 is 0 Å². The first kappa shape index (κ1) is 18.9. The van der Waals surface area contributed by atoms with Crippen molar-refractivity contribution in [3.05, 3.63) is 63.5 Å². The van der Waals surface area contributed by atoms with Crippen LogP contribution >= 0.6 is 11.8 Å². The van der Waals surface area contributed by atoms with E-state index in [4.69, 9.17) is 4.99 Å². The van der Waals surface area contributed by atoms with Gasteiger partial charge in [-0.15, -0.1) is 0 Å². The molecule has 1 aliphatic rings. The molecule has 138 valence electrons. The summed E-state index contributed by atoms with van der Waals surface area (Å²) < 4.78 is 0. The number of rotatable bonds is 4. The van der Waals surface area contributed by atoms with Gasteiger partial charge in [-0.2, -0.15) is 0 Å². The zero-order valence-electron chi connectivity index (χ0n) is 16.4. The van der Waals surface area contributed by atoms with E-state index in [2.05, 4.69) is 51.0 Å². The van der Waals surface area contributed by atoms with E-state index >= 15 is 0 Å². The summed E-state index contributed by atoms with van der Waals surface area (Å²) in [6, 6.07) is 4.12. The standard InChI is InChI=1S/C21H28N4S/c1-14-15(2)17(4)20(18(5)16(14)3)11-26-21-23-12-25(13-24-21)10-19-7-6-8-22-9-19/h6-9H,10-13H2,1-5H3,(H,23,24)/p+1. The van der Waals surface area contributed by atoms with Gasteiger partial charge in [0.25, 0.3) is 0 Å². The molecule has 4 nitrogen and oxygen atoms in total. The lowest BCUT2D eigenvalue weighted by Crippen LogP contribution is -3.13. The zero-order chi connectivity index (χ0) is 18.7. The molecule has 3 rings (SSSR count). The molecule has 0 fully saturated rings. The Balaban J connectivity index is 1.62. The van der Waals surface area contributed by atoms with Gasteiger partial charge in [-0.25, -0.2) is 4.99 Å². The summed E-state index contributed by atoms with van der Waals surface area (Å²) in [5.74, 6) is 0.976. The molecule has 2 heterocycles. The quantitative estimate of drug-likeness (QED) is 0.871. The van der Waals surface area contributed by atoms with Gasteiger partial charge in [0.2, 0.25) is 0 Å². The molecular formula is C21H29N4S+. The van der Waals surface area contributed by atoms with Crippen LogP contribution in [0.25, 0.3) is 0 Å². The van der Waals surface area contributed by atoms with Gasteiger partial charge in [-0.1, -0.05) is 17.8 Å². The lowest BCUT2D eigenvalue weighted by Gasteiger charge is -2.24. The minimum absolute atomic E-state index is 0.814. The number of nitrogens with one attached hydrogen (secondary N) is 2. The van der Waals surface area contributed by atoms with Crippen LogP contribution in [0.4, 0.5) is 0 Å². The summed E-state index contributed by atoms with van der Waals surface area (Å²) in [4.78, 5) is 10.4. The van der Waals surface area contributed by atoms with E-state index in [1.165, 1.54) is 43.8 Å². The SMILES string of the molecule is Cc1c(C)c(C)c(CSC2=NC[NH+](Cc3cccnc3)CN2)c(C)c1C. The number of nitrogens with zero attached hydrogens (tertiary/aromatic N) is 2. The summed E-state index contributed by atoms with van der Waals surface area (Å²) >= 11 is 1.82. The summed E-state index contributed by atoms with van der Waals surface area (Å²) in [5.41, 5.74) is 9.86. The van der Waals surface area contributed by atoms with Crippen molar-refractivity contribution in [2.45, 2.75) is 46.9 Å². The number of quaternary nitrogens is 1. The Morgan fingerprint density at radius 2 is 1.73 bits per heavy atom. The number of hydrogen-bond acceptors (Lipinski definition) is 4. The molecule has 1 aromatic carbocycles. The van der Waals surface area contributed by atoms with Gasteiger partial charge in [0.15, 0.2) is 18.5 Å². The van der Waals surface area contributed by atoms with Gasteiger partial charge in [-0.3, -0.25) is 9.88 Å². The molecule has 0 saturated carbocycles. The predicted octanol–water partition coefficient (Wildman–Crippen LogP) is 2.82. The van der Waals surface area contributed by atoms with Crippen LogP contribution < -0.4 is 10.2 Å². The van der Waals surface area contributed by atoms with E-state index in [0.717, 1.165) is 30.8 Å². The second-order valence-electron chi connectivity index (χ2n) is 7.16. The number of aromatic nitrogens is 1. The summed E-state index contributed by atoms with van der Waals surface area (Å²) in [5, 5.41) is 4.56. The van der Waals surface area contributed by atoms with E-state index < -0.39 is 0 Å². The van der Waals surface area contributed by atoms with Gasteiger partial charge in [0.05, 0.1) is 0 Å². The fraction of sp³-hybridized carbons (Fsp3) is 0.429. The lowest BCUT2D eigenvalue weighted by atomic mass is 9.90. The van der Waals surface area contributed by atoms with Crippen molar-refractivity contribution in [2.75, 3.05) is 13.3 Å². The largest absolute Gasteiger partial charge is 0.318 e. The maximum Gasteiger partial charge on any atom is 0.175 e. The van der Waals surface area contributed by atoms with Gasteiger partial charge in [0, 0.05) is 23.7 Å². The van der Waals surface area contributed by atoms with Crippen LogP contribution in [0, 0.1) is 34.6 Å². The van der Waals surface area contributed by atoms with Crippen molar-refractivity contribution in [3.8, 4) is 0 Å². The van der Waals surface area contributed by atoms with E-state index in [1.54, 1.807) is 0 Å². The topological polar surface area (TPSA) is 41.7 Å². The molecule has 2 aromatic rings. The van der Waals surface area contributed by atoms with Crippen molar-refractivity contribution in [3.63, 3.8) is 0 Å². The highest BCUT2D eigenvalue weighted by Gasteiger charge is 2.18. The Hall–Kier alpha value is -1.85. The third-order valence-electron chi connectivity index (χ3n) is 5.62. The van der Waals surface area contributed by atoms with Crippen LogP contribution in [0.3, 0.4) is 0 Å². The van der Waals surface area contributed by atoms with E-state index in [9.17, 15) is 0 Å². The number of amidine groups is 1. The molecule has 0 amide bonds. The molecule has 1 aromatic heterocycles. The fourth-order valence-corrected chi connectivity index (χ4v) is 4.48. The zero-order valence-corrected chi connectivity index (χ0v) is 17.3. The Labute approximate surface area is 161 Å². The van der Waals surface area contributed by atoms with Crippen LogP contribution in [0.5, 0.6) is 0 Å². The first-order valence-electron chi connectivity index (χ1n) is 9.16. The molecule has 0 bridgehead atoms. The highest BCUT2D eigenvalue weighted by molar-refractivity contribution is 8.13. The molecule has 0 radical (unpaired) electrons. The molecule has 1 atom stereocenters. The molecule has 1 aliphatic heterocycles. The minimum Gasteiger partial charge on any atom is -0.318 e. The van der Waals surface area contributed by atoms with Crippen molar-refractivity contribution >= 4 is 16.9 Å². The molecule has 26 heavy (non-hydrogen) atoms. The number of thioether (sulfide) groups is 1. The number of pyridine rings is 1. The molecule has 2 N–H and O–H groups in total. The van der Waals surface area contributed by atoms with Crippen LogP contribution in [-0.2, 0) is 12.3 Å². The third kappa shape index (κ3) is 4.10. The Morgan fingerprint density at radius 1 is 1.04 bits per heavy atom. The molecule has 5 heteroatoms. The monoisotopic (exact) mass is 369 g/mol. The van der Waals surface area contributed by atoms with Gasteiger partial charge in [-0.05, 0) is 74.1 Å². The van der Waals surface area contributed by atoms with E-state index in [0.29, 0.717) is 0 Å². The molecule has 0 saturated heterocycles. The number of hydrogen-bond donors (Lipinski definition) is 2. The second-order valence-corrected chi connectivity index (χ2v) is 8.12. The third-order valence-corrected chi connectivity index (χ3v) is 6.60. The summed E-state index contributed by atoms with van der Waals surface area (Å²) in [7, 11) is 0. The smallest absolute Gasteiger partial charge is 0.175 e. The lowest BCUT2D eigenvalue weighted by molar-refractivity contribution is -0.916. The molecule has 0 aliphatic carbocycles. The Bertz CT molecular complexity index is 786. The number of aliphatic imine (C=N–C) groups is 1. The second kappa shape index (κ2) is 8.23. The van der Waals surface area contributed by atoms with Crippen molar-refractivity contribution in [2.24, 2.45) is 4.99 Å². The first-order valence-corrected chi connectivity index (χ1v) is 10.1. The average Bonchev–Trinajstić information content (AvgIpc) is 2.67. The molecular weight excluding hydrogens is 340 g/mol. The minimum atomic E-state index is 0.814. The van der Waals surface area contributed by atoms with Crippen molar-refractivity contribution in [1.82, 2.24) is 10.3 Å². The van der Waals surface area contributed by atoms with Crippen LogP contribution in [0.1, 0.15) is 38.9 Å². The van der Waals surface area contributed by atoms with Crippen LogP contribution in [0.2, 0.25) is 0 Å². The maximum atomic E-state index is 4.75. The van der Waals surface area contributed by atoms with Gasteiger partial charge in [0.1, 0.15) is 6.54 Å². The normalized spacial score (nSPS) is 17.0. The van der Waals surface area contributed by atoms with E-state index in [1.807, 2.05) is 30.2 Å². The fourth-order valence-electron chi connectivity index (χ4n) is 3.44. The Morgan fingerprint density at radius 3 is 2.31 bits per heavy atom. The van der Waals surface area contributed by atoms with E-state index in [-0.39, 0.29) is 0 Å². The Kier molecular flexibility index (Phi) is 5.99. The summed E-state index contributed by atoms with van der Waals surface area (Å²) in [6.45, 7) is 13.9. The van der Waals surface area contributed by atoms with Crippen LogP contribution in [0.15, 0.2) is 29.5 Å². The first-order chi connectivity index (χ1) is 12.5. The average molecular weight is 370 g/mol.